The van der Waals surface area contributed by atoms with Gasteiger partial charge in [-0.1, -0.05) is 0 Å². The van der Waals surface area contributed by atoms with E-state index in [1.165, 1.54) is 6.20 Å². The van der Waals surface area contributed by atoms with Crippen LogP contribution in [0.4, 0.5) is 19.0 Å². The summed E-state index contributed by atoms with van der Waals surface area (Å²) in [5.74, 6) is 0.166. The first-order chi connectivity index (χ1) is 11.4. The average molecular weight is 332 g/mol. The predicted octanol–water partition coefficient (Wildman–Crippen LogP) is 2.72. The van der Waals surface area contributed by atoms with Crippen molar-refractivity contribution in [3.63, 3.8) is 0 Å². The lowest BCUT2D eigenvalue weighted by Crippen LogP contribution is -2.16. The summed E-state index contributed by atoms with van der Waals surface area (Å²) in [6, 6.07) is 5.44. The van der Waals surface area contributed by atoms with Crippen molar-refractivity contribution in [3.8, 4) is 5.69 Å². The molecule has 0 fully saturated rings. The summed E-state index contributed by atoms with van der Waals surface area (Å²) < 4.78 is 39.2. The van der Waals surface area contributed by atoms with Crippen LogP contribution in [0.1, 0.15) is 11.1 Å². The molecule has 122 valence electrons. The lowest BCUT2D eigenvalue weighted by molar-refractivity contribution is -0.137. The molecule has 3 aromatic heterocycles. The number of amidine groups is 1. The molecular weight excluding hydrogens is 321 g/mol. The fourth-order valence-corrected chi connectivity index (χ4v) is 2.00. The number of aromatic nitrogens is 4. The van der Waals surface area contributed by atoms with Gasteiger partial charge in [-0.2, -0.15) is 18.3 Å². The Morgan fingerprint density at radius 3 is 2.58 bits per heavy atom. The van der Waals surface area contributed by atoms with Gasteiger partial charge in [-0.05, 0) is 24.3 Å². The lowest BCUT2D eigenvalue weighted by atomic mass is 10.2. The van der Waals surface area contributed by atoms with E-state index in [1.54, 1.807) is 35.4 Å². The zero-order valence-corrected chi connectivity index (χ0v) is 12.1. The number of hydrogen-bond donors (Lipinski definition) is 1. The molecule has 0 saturated heterocycles. The van der Waals surface area contributed by atoms with Crippen molar-refractivity contribution in [2.75, 3.05) is 0 Å². The van der Waals surface area contributed by atoms with Gasteiger partial charge in [0, 0.05) is 30.4 Å². The van der Waals surface area contributed by atoms with Crippen LogP contribution in [0, 0.1) is 0 Å². The maximum atomic E-state index is 12.5. The van der Waals surface area contributed by atoms with Gasteiger partial charge in [-0.15, -0.1) is 0 Å². The third kappa shape index (κ3) is 3.24. The van der Waals surface area contributed by atoms with E-state index in [-0.39, 0.29) is 11.7 Å². The summed E-state index contributed by atoms with van der Waals surface area (Å²) in [6.45, 7) is 0. The molecule has 0 saturated carbocycles. The number of nitrogens with two attached hydrogens (primary N) is 1. The molecule has 3 rings (SSSR count). The standard InChI is InChI=1S/C15H11F3N6/c16-15(17,18)10-2-3-13(21-8-10)23-14(19)11-4-6-20-9-12(11)24-7-1-5-22-24/h1-9H,(H2,19,21,23). The number of pyridine rings is 2. The normalized spacial score (nSPS) is 12.4. The van der Waals surface area contributed by atoms with Gasteiger partial charge in [-0.3, -0.25) is 4.98 Å². The third-order valence-electron chi connectivity index (χ3n) is 3.14. The monoisotopic (exact) mass is 332 g/mol. The van der Waals surface area contributed by atoms with Gasteiger partial charge in [0.1, 0.15) is 5.84 Å². The van der Waals surface area contributed by atoms with Crippen LogP contribution < -0.4 is 5.73 Å². The molecule has 9 heteroatoms. The van der Waals surface area contributed by atoms with Crippen molar-refractivity contribution in [1.29, 1.82) is 0 Å². The largest absolute Gasteiger partial charge is 0.417 e. The van der Waals surface area contributed by atoms with Crippen molar-refractivity contribution >= 4 is 11.7 Å². The minimum Gasteiger partial charge on any atom is -0.383 e. The summed E-state index contributed by atoms with van der Waals surface area (Å²) in [4.78, 5) is 11.8. The molecule has 0 bridgehead atoms. The van der Waals surface area contributed by atoms with E-state index >= 15 is 0 Å². The Morgan fingerprint density at radius 1 is 1.12 bits per heavy atom. The van der Waals surface area contributed by atoms with E-state index in [9.17, 15) is 13.2 Å². The highest BCUT2D eigenvalue weighted by Gasteiger charge is 2.30. The maximum absolute atomic E-state index is 12.5. The first-order valence-electron chi connectivity index (χ1n) is 6.77. The molecule has 0 spiro atoms. The Hall–Kier alpha value is -3.23. The quantitative estimate of drug-likeness (QED) is 0.590. The van der Waals surface area contributed by atoms with Gasteiger partial charge in [0.2, 0.25) is 0 Å². The highest BCUT2D eigenvalue weighted by Crippen LogP contribution is 2.29. The van der Waals surface area contributed by atoms with Gasteiger partial charge < -0.3 is 5.73 Å². The third-order valence-corrected chi connectivity index (χ3v) is 3.14. The van der Waals surface area contributed by atoms with Crippen molar-refractivity contribution in [2.24, 2.45) is 10.7 Å². The van der Waals surface area contributed by atoms with Crippen LogP contribution in [0.5, 0.6) is 0 Å². The number of alkyl halides is 3. The molecule has 2 N–H and O–H groups in total. The average Bonchev–Trinajstić information content (AvgIpc) is 3.09. The van der Waals surface area contributed by atoms with Crippen molar-refractivity contribution < 1.29 is 13.2 Å². The van der Waals surface area contributed by atoms with Crippen molar-refractivity contribution in [1.82, 2.24) is 19.7 Å². The molecule has 0 atom stereocenters. The molecule has 0 aliphatic heterocycles. The smallest absolute Gasteiger partial charge is 0.383 e. The molecule has 3 aromatic rings. The maximum Gasteiger partial charge on any atom is 0.417 e. The van der Waals surface area contributed by atoms with Crippen molar-refractivity contribution in [3.05, 3.63) is 66.4 Å². The predicted molar refractivity (Wildman–Crippen MR) is 81.0 cm³/mol. The van der Waals surface area contributed by atoms with E-state index in [0.717, 1.165) is 12.1 Å². The van der Waals surface area contributed by atoms with Gasteiger partial charge in [0.05, 0.1) is 17.4 Å². The Balaban J connectivity index is 1.95. The molecule has 3 heterocycles. The molecule has 6 nitrogen and oxygen atoms in total. The highest BCUT2D eigenvalue weighted by molar-refractivity contribution is 6.01. The van der Waals surface area contributed by atoms with Gasteiger partial charge in [0.25, 0.3) is 0 Å². The highest BCUT2D eigenvalue weighted by atomic mass is 19.4. The summed E-state index contributed by atoms with van der Waals surface area (Å²) >= 11 is 0. The van der Waals surface area contributed by atoms with E-state index in [1.807, 2.05) is 0 Å². The van der Waals surface area contributed by atoms with E-state index in [2.05, 4.69) is 20.1 Å². The molecule has 0 radical (unpaired) electrons. The summed E-state index contributed by atoms with van der Waals surface area (Å²) in [5.41, 5.74) is 6.26. The number of hydrogen-bond acceptors (Lipinski definition) is 4. The Kier molecular flexibility index (Phi) is 3.98. The second-order valence-electron chi connectivity index (χ2n) is 4.74. The van der Waals surface area contributed by atoms with Crippen molar-refractivity contribution in [2.45, 2.75) is 6.18 Å². The van der Waals surface area contributed by atoms with Crippen LogP contribution in [0.2, 0.25) is 0 Å². The summed E-state index contributed by atoms with van der Waals surface area (Å²) in [7, 11) is 0. The van der Waals surface area contributed by atoms with Crippen LogP contribution in [0.25, 0.3) is 5.69 Å². The zero-order chi connectivity index (χ0) is 17.2. The van der Waals surface area contributed by atoms with E-state index in [4.69, 9.17) is 5.73 Å². The molecular formula is C15H11F3N6. The second-order valence-corrected chi connectivity index (χ2v) is 4.74. The molecule has 0 unspecified atom stereocenters. The second kappa shape index (κ2) is 6.11. The SMILES string of the molecule is NC(=Nc1ccc(C(F)(F)F)cn1)c1ccncc1-n1cccn1. The summed E-state index contributed by atoms with van der Waals surface area (Å²) in [6.07, 6.45) is 2.67. The number of aliphatic imine (C=N–C) groups is 1. The number of nitrogens with zero attached hydrogens (tertiary/aromatic N) is 5. The zero-order valence-electron chi connectivity index (χ0n) is 12.1. The lowest BCUT2D eigenvalue weighted by Gasteiger charge is -2.09. The molecule has 0 aliphatic carbocycles. The topological polar surface area (TPSA) is 82.0 Å². The summed E-state index contributed by atoms with van der Waals surface area (Å²) in [5, 5.41) is 4.10. The fraction of sp³-hybridized carbons (Fsp3) is 0.0667. The van der Waals surface area contributed by atoms with Gasteiger partial charge in [0.15, 0.2) is 5.82 Å². The van der Waals surface area contributed by atoms with Crippen LogP contribution >= 0.6 is 0 Å². The Bertz CT molecular complexity index is 854. The number of rotatable bonds is 3. The Morgan fingerprint density at radius 2 is 1.96 bits per heavy atom. The van der Waals surface area contributed by atoms with Crippen LogP contribution in [-0.4, -0.2) is 25.6 Å². The minimum absolute atomic E-state index is 0.0729. The van der Waals surface area contributed by atoms with E-state index < -0.39 is 11.7 Å². The molecule has 0 aromatic carbocycles. The molecule has 24 heavy (non-hydrogen) atoms. The fourth-order valence-electron chi connectivity index (χ4n) is 2.00. The molecule has 0 amide bonds. The van der Waals surface area contributed by atoms with Gasteiger partial charge >= 0.3 is 6.18 Å². The minimum atomic E-state index is -4.45. The van der Waals surface area contributed by atoms with E-state index in [0.29, 0.717) is 17.4 Å². The van der Waals surface area contributed by atoms with Crippen LogP contribution in [0.3, 0.4) is 0 Å². The van der Waals surface area contributed by atoms with Crippen LogP contribution in [-0.2, 0) is 6.18 Å². The first kappa shape index (κ1) is 15.7. The molecule has 0 aliphatic rings. The first-order valence-corrected chi connectivity index (χ1v) is 6.77. The number of halogens is 3. The Labute approximate surface area is 134 Å². The van der Waals surface area contributed by atoms with Crippen LogP contribution in [0.15, 0.2) is 60.2 Å². The van der Waals surface area contributed by atoms with Gasteiger partial charge in [-0.25, -0.2) is 14.7 Å².